The van der Waals surface area contributed by atoms with Crippen molar-refractivity contribution in [1.29, 1.82) is 0 Å². The number of benzene rings is 1. The highest BCUT2D eigenvalue weighted by molar-refractivity contribution is 7.20. The van der Waals surface area contributed by atoms with E-state index in [9.17, 15) is 19.2 Å². The summed E-state index contributed by atoms with van der Waals surface area (Å²) in [6, 6.07) is 9.08. The van der Waals surface area contributed by atoms with Crippen molar-refractivity contribution in [2.24, 2.45) is 0 Å². The minimum Gasteiger partial charge on any atom is -0.462 e. The van der Waals surface area contributed by atoms with Crippen molar-refractivity contribution in [2.75, 3.05) is 6.61 Å². The molecule has 0 aliphatic heterocycles. The van der Waals surface area contributed by atoms with Gasteiger partial charge in [0.1, 0.15) is 21.9 Å². The summed E-state index contributed by atoms with van der Waals surface area (Å²) in [7, 11) is 0. The van der Waals surface area contributed by atoms with E-state index in [1.807, 2.05) is 18.2 Å². The fraction of sp³-hybridized carbons (Fsp3) is 0.333. The Balaban J connectivity index is 2.02. The first-order valence-electron chi connectivity index (χ1n) is 9.35. The standard InChI is InChI=1S/C21H22N2O6S/c1-5-28-18(25)15-12(2)14-16(30-15)22-20(27)23(17(14)24)21(3,4)19(26)29-11-13-9-7-6-8-10-13/h6-10H,5,11H2,1-4H3,(H,22,27). The van der Waals surface area contributed by atoms with E-state index < -0.39 is 28.7 Å². The average molecular weight is 430 g/mol. The van der Waals surface area contributed by atoms with Gasteiger partial charge in [0.15, 0.2) is 0 Å². The van der Waals surface area contributed by atoms with Gasteiger partial charge < -0.3 is 9.47 Å². The molecule has 2 heterocycles. The van der Waals surface area contributed by atoms with Crippen LogP contribution in [0.25, 0.3) is 10.2 Å². The van der Waals surface area contributed by atoms with E-state index >= 15 is 0 Å². The number of aryl methyl sites for hydroxylation is 1. The van der Waals surface area contributed by atoms with Gasteiger partial charge in [-0.15, -0.1) is 11.3 Å². The normalized spacial score (nSPS) is 11.5. The summed E-state index contributed by atoms with van der Waals surface area (Å²) in [5.74, 6) is -1.29. The number of ether oxygens (including phenoxy) is 2. The van der Waals surface area contributed by atoms with Crippen LogP contribution in [0.15, 0.2) is 39.9 Å². The lowest BCUT2D eigenvalue weighted by Gasteiger charge is -2.24. The highest BCUT2D eigenvalue weighted by Crippen LogP contribution is 2.27. The third-order valence-corrected chi connectivity index (χ3v) is 5.91. The molecule has 0 fully saturated rings. The molecule has 0 saturated heterocycles. The van der Waals surface area contributed by atoms with Gasteiger partial charge in [-0.1, -0.05) is 30.3 Å². The number of hydrogen-bond acceptors (Lipinski definition) is 7. The fourth-order valence-corrected chi connectivity index (χ4v) is 4.19. The van der Waals surface area contributed by atoms with Gasteiger partial charge in [-0.05, 0) is 38.8 Å². The molecule has 0 aliphatic carbocycles. The summed E-state index contributed by atoms with van der Waals surface area (Å²) < 4.78 is 11.2. The van der Waals surface area contributed by atoms with Crippen LogP contribution in [-0.2, 0) is 26.4 Å². The smallest absolute Gasteiger partial charge is 0.348 e. The number of rotatable bonds is 6. The van der Waals surface area contributed by atoms with Gasteiger partial charge in [-0.2, -0.15) is 0 Å². The van der Waals surface area contributed by atoms with Gasteiger partial charge in [0, 0.05) is 0 Å². The minimum absolute atomic E-state index is 0.0164. The fourth-order valence-electron chi connectivity index (χ4n) is 3.11. The van der Waals surface area contributed by atoms with E-state index in [4.69, 9.17) is 9.47 Å². The number of aromatic amines is 1. The molecule has 2 aromatic heterocycles. The Labute approximate surface area is 176 Å². The lowest BCUT2D eigenvalue weighted by atomic mass is 10.1. The molecule has 0 aliphatic rings. The third-order valence-electron chi connectivity index (χ3n) is 4.72. The molecule has 3 aromatic rings. The average Bonchev–Trinajstić information content (AvgIpc) is 3.03. The molecule has 0 bridgehead atoms. The second-order valence-electron chi connectivity index (χ2n) is 7.17. The highest BCUT2D eigenvalue weighted by atomic mass is 32.1. The first-order valence-corrected chi connectivity index (χ1v) is 10.2. The van der Waals surface area contributed by atoms with Gasteiger partial charge in [-0.25, -0.2) is 19.0 Å². The molecular formula is C21H22N2O6S. The zero-order chi connectivity index (χ0) is 22.1. The summed E-state index contributed by atoms with van der Waals surface area (Å²) in [4.78, 5) is 53.9. The quantitative estimate of drug-likeness (QED) is 0.603. The van der Waals surface area contributed by atoms with E-state index in [2.05, 4.69) is 4.98 Å². The molecule has 1 N–H and O–H groups in total. The lowest BCUT2D eigenvalue weighted by molar-refractivity contribution is -0.154. The van der Waals surface area contributed by atoms with E-state index in [-0.39, 0.29) is 28.3 Å². The van der Waals surface area contributed by atoms with Crippen LogP contribution in [0.2, 0.25) is 0 Å². The Bertz CT molecular complexity index is 1220. The van der Waals surface area contributed by atoms with Crippen molar-refractivity contribution in [2.45, 2.75) is 39.8 Å². The Morgan fingerprint density at radius 3 is 2.43 bits per heavy atom. The zero-order valence-electron chi connectivity index (χ0n) is 17.1. The molecule has 158 valence electrons. The maximum absolute atomic E-state index is 13.2. The van der Waals surface area contributed by atoms with Crippen LogP contribution in [-0.4, -0.2) is 28.1 Å². The number of hydrogen-bond donors (Lipinski definition) is 1. The van der Waals surface area contributed by atoms with Crippen LogP contribution in [0, 0.1) is 6.92 Å². The van der Waals surface area contributed by atoms with Crippen molar-refractivity contribution in [3.05, 3.63) is 67.2 Å². The van der Waals surface area contributed by atoms with Gasteiger partial charge in [0.2, 0.25) is 0 Å². The first-order chi connectivity index (χ1) is 14.2. The van der Waals surface area contributed by atoms with E-state index in [0.717, 1.165) is 21.5 Å². The van der Waals surface area contributed by atoms with E-state index in [1.54, 1.807) is 26.0 Å². The second-order valence-corrected chi connectivity index (χ2v) is 8.19. The number of fused-ring (bicyclic) bond motifs is 1. The molecule has 0 unspecified atom stereocenters. The summed E-state index contributed by atoms with van der Waals surface area (Å²) >= 11 is 0.976. The molecule has 0 radical (unpaired) electrons. The van der Waals surface area contributed by atoms with E-state index in [1.165, 1.54) is 13.8 Å². The number of thiophene rings is 1. The predicted octanol–water partition coefficient (Wildman–Crippen LogP) is 2.71. The molecule has 1 aromatic carbocycles. The maximum Gasteiger partial charge on any atom is 0.348 e. The SMILES string of the molecule is CCOC(=O)c1sc2[nH]c(=O)n(C(C)(C)C(=O)OCc3ccccc3)c(=O)c2c1C. The van der Waals surface area contributed by atoms with Crippen molar-refractivity contribution in [3.63, 3.8) is 0 Å². The monoisotopic (exact) mass is 430 g/mol. The largest absolute Gasteiger partial charge is 0.462 e. The minimum atomic E-state index is -1.56. The van der Waals surface area contributed by atoms with Crippen molar-refractivity contribution in [3.8, 4) is 0 Å². The van der Waals surface area contributed by atoms with Gasteiger partial charge in [0.25, 0.3) is 5.56 Å². The van der Waals surface area contributed by atoms with Crippen LogP contribution in [0.1, 0.15) is 41.6 Å². The van der Waals surface area contributed by atoms with Gasteiger partial charge >= 0.3 is 17.6 Å². The molecule has 30 heavy (non-hydrogen) atoms. The maximum atomic E-state index is 13.2. The summed E-state index contributed by atoms with van der Waals surface area (Å²) in [6.45, 7) is 6.37. The topological polar surface area (TPSA) is 107 Å². The molecular weight excluding hydrogens is 408 g/mol. The van der Waals surface area contributed by atoms with Gasteiger partial charge in [0.05, 0.1) is 12.0 Å². The summed E-state index contributed by atoms with van der Waals surface area (Å²) in [5.41, 5.74) is -1.81. The van der Waals surface area contributed by atoms with Gasteiger partial charge in [-0.3, -0.25) is 9.78 Å². The number of nitrogens with one attached hydrogen (secondary N) is 1. The first kappa shape index (κ1) is 21.5. The van der Waals surface area contributed by atoms with Crippen molar-refractivity contribution in [1.82, 2.24) is 9.55 Å². The summed E-state index contributed by atoms with van der Waals surface area (Å²) in [6.07, 6.45) is 0. The second kappa shape index (κ2) is 8.27. The molecule has 8 nitrogen and oxygen atoms in total. The van der Waals surface area contributed by atoms with Crippen LogP contribution in [0.3, 0.4) is 0 Å². The van der Waals surface area contributed by atoms with Crippen LogP contribution in [0.4, 0.5) is 0 Å². The predicted molar refractivity (Wildman–Crippen MR) is 113 cm³/mol. The van der Waals surface area contributed by atoms with Crippen molar-refractivity contribution >= 4 is 33.5 Å². The van der Waals surface area contributed by atoms with E-state index in [0.29, 0.717) is 5.56 Å². The van der Waals surface area contributed by atoms with Crippen LogP contribution in [0.5, 0.6) is 0 Å². The van der Waals surface area contributed by atoms with Crippen LogP contribution < -0.4 is 11.2 Å². The van der Waals surface area contributed by atoms with Crippen LogP contribution >= 0.6 is 11.3 Å². The number of aromatic nitrogens is 2. The molecule has 0 spiro atoms. The molecule has 9 heteroatoms. The molecule has 0 atom stereocenters. The number of H-pyrrole nitrogens is 1. The number of nitrogens with zero attached hydrogens (tertiary/aromatic N) is 1. The highest BCUT2D eigenvalue weighted by Gasteiger charge is 2.36. The Morgan fingerprint density at radius 1 is 1.13 bits per heavy atom. The third kappa shape index (κ3) is 3.80. The zero-order valence-corrected chi connectivity index (χ0v) is 17.9. The number of esters is 2. The molecule has 0 saturated carbocycles. The Morgan fingerprint density at radius 2 is 1.80 bits per heavy atom. The summed E-state index contributed by atoms with van der Waals surface area (Å²) in [5, 5.41) is 0.173. The molecule has 0 amide bonds. The van der Waals surface area contributed by atoms with Crippen molar-refractivity contribution < 1.29 is 19.1 Å². The lowest BCUT2D eigenvalue weighted by Crippen LogP contribution is -2.51. The Kier molecular flexibility index (Phi) is 5.93. The number of carbonyl (C=O) groups is 2. The number of carbonyl (C=O) groups excluding carboxylic acids is 2. The Hall–Kier alpha value is -3.20. The molecule has 3 rings (SSSR count).